The minimum Gasteiger partial charge on any atom is -0.454 e. The molecule has 26 atom stereocenters. The van der Waals surface area contributed by atoms with Gasteiger partial charge in [-0.15, -0.1) is 5.92 Å². The van der Waals surface area contributed by atoms with E-state index in [0.29, 0.717) is 81.0 Å². The van der Waals surface area contributed by atoms with Gasteiger partial charge in [0.2, 0.25) is 0 Å². The number of nitrogens with one attached hydrogen (secondary N) is 1. The molecule has 9 nitrogen and oxygen atoms in total. The fourth-order valence-electron chi connectivity index (χ4n) is 27.7. The average Bonchev–Trinajstić information content (AvgIpc) is 1.56. The van der Waals surface area contributed by atoms with Crippen molar-refractivity contribution in [3.63, 3.8) is 0 Å². The molecular weight excluding hydrogens is 1100 g/mol. The van der Waals surface area contributed by atoms with Gasteiger partial charge in [-0.3, -0.25) is 0 Å². The maximum Gasteiger partial charge on any atom is 0.331 e. The molecule has 16 aliphatic rings. The topological polar surface area (TPSA) is 146 Å². The number of carbonyl (C=O) groups is 2. The monoisotopic (exact) mass is 1200 g/mol. The van der Waals surface area contributed by atoms with Gasteiger partial charge in [-0.2, -0.15) is 0 Å². The summed E-state index contributed by atoms with van der Waals surface area (Å²) in [5.41, 5.74) is -0.735. The summed E-state index contributed by atoms with van der Waals surface area (Å²) in [7, 11) is 2.00. The molecule has 11 fully saturated rings. The second kappa shape index (κ2) is 20.2. The number of likely N-dealkylation sites (N-methyl/N-ethyl adjacent to an activating group) is 1. The predicted molar refractivity (Wildman–Crippen MR) is 339 cm³/mol. The lowest BCUT2D eigenvalue weighted by atomic mass is 9.30. The molecule has 3 heterocycles. The molecule has 1 saturated heterocycles. The van der Waals surface area contributed by atoms with Gasteiger partial charge in [0, 0.05) is 64.0 Å². The Morgan fingerprint density at radius 3 is 2.38 bits per heavy atom. The molecule has 9 heteroatoms. The number of esters is 1. The van der Waals surface area contributed by atoms with Crippen molar-refractivity contribution in [2.75, 3.05) is 7.05 Å². The quantitative estimate of drug-likeness (QED) is 0.0979. The second-order valence-corrected chi connectivity index (χ2v) is 33.5. The Bertz CT molecular complexity index is 3550. The Morgan fingerprint density at radius 2 is 1.56 bits per heavy atom. The molecule has 3 aromatic carbocycles. The Kier molecular flexibility index (Phi) is 13.0. The molecule has 10 saturated carbocycles. The van der Waals surface area contributed by atoms with Crippen LogP contribution in [-0.4, -0.2) is 80.9 Å². The maximum atomic E-state index is 16.4. The molecule has 5 N–H and O–H groups in total. The van der Waals surface area contributed by atoms with Gasteiger partial charge in [0.25, 0.3) is 0 Å². The molecule has 13 aliphatic carbocycles. The van der Waals surface area contributed by atoms with Gasteiger partial charge >= 0.3 is 5.97 Å². The van der Waals surface area contributed by atoms with E-state index in [0.717, 1.165) is 99.3 Å². The summed E-state index contributed by atoms with van der Waals surface area (Å²) in [6.45, 7) is 2.41. The first-order valence-corrected chi connectivity index (χ1v) is 35.9. The lowest BCUT2D eigenvalue weighted by molar-refractivity contribution is -0.376. The van der Waals surface area contributed by atoms with E-state index in [9.17, 15) is 9.90 Å². The van der Waals surface area contributed by atoms with Crippen molar-refractivity contribution in [1.29, 1.82) is 0 Å². The fraction of sp³-hybridized carbons (Fsp3) is 0.675. The highest BCUT2D eigenvalue weighted by atomic mass is 16.5. The van der Waals surface area contributed by atoms with Gasteiger partial charge in [-0.1, -0.05) is 104 Å². The molecule has 3 aromatic rings. The van der Waals surface area contributed by atoms with Crippen LogP contribution >= 0.6 is 0 Å². The van der Waals surface area contributed by atoms with Crippen molar-refractivity contribution in [3.05, 3.63) is 118 Å². The van der Waals surface area contributed by atoms with E-state index in [4.69, 9.17) is 9.47 Å². The van der Waals surface area contributed by atoms with Crippen LogP contribution in [0.4, 0.5) is 0 Å². The first kappa shape index (κ1) is 57.1. The minimum absolute atomic E-state index is 0.0318. The predicted octanol–water partition coefficient (Wildman–Crippen LogP) is 11.8. The zero-order chi connectivity index (χ0) is 60.2. The summed E-state index contributed by atoms with van der Waals surface area (Å²) in [6.07, 6.45) is 21.7. The van der Waals surface area contributed by atoms with E-state index in [1.165, 1.54) is 42.2 Å². The van der Waals surface area contributed by atoms with Gasteiger partial charge in [0.15, 0.2) is 0 Å². The van der Waals surface area contributed by atoms with Crippen molar-refractivity contribution in [1.82, 2.24) is 5.32 Å². The van der Waals surface area contributed by atoms with Crippen LogP contribution in [0.25, 0.3) is 0 Å². The third kappa shape index (κ3) is 7.68. The number of hydrogen-bond acceptors (Lipinski definition) is 9. The van der Waals surface area contributed by atoms with Crippen molar-refractivity contribution in [2.24, 2.45) is 110 Å². The van der Waals surface area contributed by atoms with Gasteiger partial charge in [0.05, 0.1) is 35.4 Å². The molecule has 468 valence electrons. The average molecular weight is 1200 g/mol. The van der Waals surface area contributed by atoms with E-state index in [2.05, 4.69) is 96.6 Å². The summed E-state index contributed by atoms with van der Waals surface area (Å²) < 4.78 is 14.8. The van der Waals surface area contributed by atoms with Gasteiger partial charge < -0.3 is 40.0 Å². The number of aliphatic hydroxyl groups is 4. The van der Waals surface area contributed by atoms with Gasteiger partial charge in [-0.25, -0.2) is 4.79 Å². The summed E-state index contributed by atoms with van der Waals surface area (Å²) in [5, 5.41) is 62.0. The zero-order valence-corrected chi connectivity index (χ0v) is 52.7. The number of fused-ring (bicyclic) bond motifs is 9. The van der Waals surface area contributed by atoms with Crippen LogP contribution in [0.1, 0.15) is 181 Å². The van der Waals surface area contributed by atoms with Gasteiger partial charge in [-0.05, 0) is 252 Å². The molecule has 0 radical (unpaired) electrons. The number of hydrogen-bond donors (Lipinski definition) is 5. The molecule has 89 heavy (non-hydrogen) atoms. The zero-order valence-electron chi connectivity index (χ0n) is 52.7. The first-order chi connectivity index (χ1) is 43.2. The smallest absolute Gasteiger partial charge is 0.331 e. The normalized spacial score (nSPS) is 49.5. The van der Waals surface area contributed by atoms with Crippen LogP contribution in [0.15, 0.2) is 84.4 Å². The van der Waals surface area contributed by atoms with Crippen molar-refractivity contribution >= 4 is 12.3 Å². The fourth-order valence-corrected chi connectivity index (χ4v) is 27.7. The molecule has 3 aliphatic heterocycles. The Balaban J connectivity index is 0.889. The van der Waals surface area contributed by atoms with E-state index in [-0.39, 0.29) is 84.6 Å². The van der Waals surface area contributed by atoms with Crippen molar-refractivity contribution in [2.45, 2.75) is 215 Å². The number of rotatable bonds is 4. The van der Waals surface area contributed by atoms with Gasteiger partial charge in [0.1, 0.15) is 18.0 Å². The lowest BCUT2D eigenvalue weighted by Crippen LogP contribution is -2.84. The molecule has 0 unspecified atom stereocenters. The number of benzene rings is 3. The highest BCUT2D eigenvalue weighted by Crippen LogP contribution is 2.83. The first-order valence-electron chi connectivity index (χ1n) is 35.9. The van der Waals surface area contributed by atoms with Crippen LogP contribution in [-0.2, 0) is 44.9 Å². The minimum atomic E-state index is -1.86. The van der Waals surface area contributed by atoms with E-state index < -0.39 is 62.3 Å². The van der Waals surface area contributed by atoms with Crippen molar-refractivity contribution in [3.8, 4) is 23.7 Å². The highest BCUT2D eigenvalue weighted by molar-refractivity contribution is 5.86. The Morgan fingerprint density at radius 1 is 0.764 bits per heavy atom. The standard InChI is InChI=1S/C80H95NO8/c1-46-52-20-19-49(31-52)30-47-11-8-12-48(29-47)32-59-35-57-36-63-61-18-10-16-54-39-75-43-74(26-6-7-27-74)28-25-51-15-9-17-55(42-82)62(51)37-68(81-2)64-34-56(70(75)65-38-69(84)89-71(64)65)40-79(75,86)78(85)41-58-33-53(46)21-23-67-73(88-59)77(57,44-76(45-83,72(54)78)80(58,67)87)66(63)24-22-60(61)50-13-4-3-5-14-50/h3-5,8-9,11-15,17,29,38,45-46,49,52-54,56-61,63-64,66-68,70-73,81-82,85-87H,6-7,18-24,26-27,30-37,39-44H2,1-2H3/t46-,49+,52-,53-,54-,56-,57+,58+,59+,60+,61+,63+,64-,66-,67-,68+,70-,71+,72-,73-,75+,76+,77+,78+,79-,80+/m1/s1. The summed E-state index contributed by atoms with van der Waals surface area (Å²) in [5.74, 6) is 16.0. The van der Waals surface area contributed by atoms with Crippen LogP contribution in [0.2, 0.25) is 0 Å². The SMILES string of the molecule is CN[C@H]1Cc2c(cccc2CO)C#CC2(CCCC2)C[C@]23C[C@H]4C#CC[C@@H]5[C@@H]6C[C@@H]7C[C@@H]8Cc9cccc(c9)C[C@@H]9CC[C@H](C9)[C@@H](C)[C@@H]9CC[C@@H]%10[C@@H](O8)[C@]7(C[C@]7(C=O)[C@@H]4[C@@](O)(C[C@H](C9)[C@]%107O)[C@@]2(O)C[C@H]2C[C@H]1[C@@H]1OC(=O)C=C1[C@@H]23)[C@@H]6CC[C@H]5c1ccccc1. The maximum absolute atomic E-state index is 16.4. The third-order valence-corrected chi connectivity index (χ3v) is 30.6. The highest BCUT2D eigenvalue weighted by Gasteiger charge is 2.88. The van der Waals surface area contributed by atoms with E-state index in [1.54, 1.807) is 6.08 Å². The summed E-state index contributed by atoms with van der Waals surface area (Å²) in [4.78, 5) is 30.8. The summed E-state index contributed by atoms with van der Waals surface area (Å²) >= 11 is 0. The molecular formula is C80H95NO8. The lowest BCUT2D eigenvalue weighted by Gasteiger charge is -2.76. The van der Waals surface area contributed by atoms with Crippen molar-refractivity contribution < 1.29 is 39.5 Å². The summed E-state index contributed by atoms with van der Waals surface area (Å²) in [6, 6.07) is 26.7. The van der Waals surface area contributed by atoms with E-state index in [1.807, 2.05) is 19.2 Å². The molecule has 0 amide bonds. The molecule has 0 aromatic heterocycles. The molecule has 19 rings (SSSR count). The Hall–Kier alpha value is -4.58. The third-order valence-electron chi connectivity index (χ3n) is 30.6. The number of aldehydes is 1. The Labute approximate surface area is 528 Å². The second-order valence-electron chi connectivity index (χ2n) is 33.5. The number of aliphatic hydroxyl groups excluding tert-OH is 1. The largest absolute Gasteiger partial charge is 0.454 e. The van der Waals surface area contributed by atoms with Crippen LogP contribution in [0, 0.1) is 134 Å². The van der Waals surface area contributed by atoms with E-state index >= 15 is 20.1 Å². The number of ether oxygens (including phenoxy) is 2. The van der Waals surface area contributed by atoms with Crippen LogP contribution < -0.4 is 5.32 Å². The van der Waals surface area contributed by atoms with Crippen LogP contribution in [0.3, 0.4) is 0 Å². The number of carbonyl (C=O) groups excluding carboxylic acids is 2. The van der Waals surface area contributed by atoms with Crippen LogP contribution in [0.5, 0.6) is 0 Å². The molecule has 17 bridgehead atoms. The molecule has 3 spiro atoms.